The van der Waals surface area contributed by atoms with E-state index >= 15 is 0 Å². The smallest absolute Gasteiger partial charge is 0.129 e. The Bertz CT molecular complexity index is 523. The van der Waals surface area contributed by atoms with Crippen molar-refractivity contribution in [1.29, 1.82) is 0 Å². The maximum atomic E-state index is 4.74. The Morgan fingerprint density at radius 1 is 1.30 bits per heavy atom. The normalized spacial score (nSPS) is 10.8. The summed E-state index contributed by atoms with van der Waals surface area (Å²) in [6.07, 6.45) is 0.972. The van der Waals surface area contributed by atoms with E-state index in [0.717, 1.165) is 37.6 Å². The Kier molecular flexibility index (Phi) is 5.56. The number of nitrogens with one attached hydrogen (secondary N) is 1. The van der Waals surface area contributed by atoms with Crippen molar-refractivity contribution >= 4 is 17.2 Å². The van der Waals surface area contributed by atoms with Gasteiger partial charge < -0.3 is 10.2 Å². The molecule has 2 aromatic heterocycles. The fraction of sp³-hybridized carbons (Fsp3) is 0.438. The van der Waals surface area contributed by atoms with Crippen LogP contribution in [-0.4, -0.2) is 18.6 Å². The lowest BCUT2D eigenvalue weighted by molar-refractivity contribution is 0.723. The first-order valence-corrected chi connectivity index (χ1v) is 8.05. The molecule has 1 N–H and O–H groups in total. The van der Waals surface area contributed by atoms with Gasteiger partial charge in [0, 0.05) is 24.2 Å². The number of rotatable bonds is 7. The van der Waals surface area contributed by atoms with Crippen molar-refractivity contribution in [1.82, 2.24) is 10.3 Å². The summed E-state index contributed by atoms with van der Waals surface area (Å²) in [6.45, 7) is 7.10. The molecule has 2 rings (SSSR count). The maximum absolute atomic E-state index is 4.74. The molecule has 0 unspecified atom stereocenters. The highest BCUT2D eigenvalue weighted by atomic mass is 32.1. The van der Waals surface area contributed by atoms with Crippen molar-refractivity contribution in [2.75, 3.05) is 18.5 Å². The van der Waals surface area contributed by atoms with Crippen LogP contribution in [0.1, 0.15) is 30.0 Å². The number of pyridine rings is 1. The molecule has 108 valence electrons. The molecule has 0 saturated heterocycles. The summed E-state index contributed by atoms with van der Waals surface area (Å²) >= 11 is 1.79. The van der Waals surface area contributed by atoms with E-state index in [0.29, 0.717) is 0 Å². The SMILES string of the molecule is CCNCc1cc(CC)nc(N(C)Cc2cccs2)c1. The summed E-state index contributed by atoms with van der Waals surface area (Å²) in [4.78, 5) is 8.33. The average Bonchev–Trinajstić information content (AvgIpc) is 2.97. The Hall–Kier alpha value is -1.39. The number of aromatic nitrogens is 1. The van der Waals surface area contributed by atoms with Gasteiger partial charge in [-0.3, -0.25) is 0 Å². The lowest BCUT2D eigenvalue weighted by Gasteiger charge is -2.19. The molecule has 0 atom stereocenters. The number of hydrogen-bond donors (Lipinski definition) is 1. The Balaban J connectivity index is 2.16. The lowest BCUT2D eigenvalue weighted by Crippen LogP contribution is -2.19. The highest BCUT2D eigenvalue weighted by molar-refractivity contribution is 7.09. The number of hydrogen-bond acceptors (Lipinski definition) is 4. The lowest BCUT2D eigenvalue weighted by atomic mass is 10.2. The molecule has 0 radical (unpaired) electrons. The van der Waals surface area contributed by atoms with Gasteiger partial charge in [-0.05, 0) is 42.1 Å². The van der Waals surface area contributed by atoms with Gasteiger partial charge in [-0.15, -0.1) is 11.3 Å². The largest absolute Gasteiger partial charge is 0.355 e. The first kappa shape index (κ1) is 15.0. The summed E-state index contributed by atoms with van der Waals surface area (Å²) in [5, 5.41) is 5.50. The summed E-state index contributed by atoms with van der Waals surface area (Å²) in [5.41, 5.74) is 2.47. The topological polar surface area (TPSA) is 28.2 Å². The van der Waals surface area contributed by atoms with Crippen LogP contribution in [0, 0.1) is 0 Å². The van der Waals surface area contributed by atoms with E-state index in [9.17, 15) is 0 Å². The van der Waals surface area contributed by atoms with E-state index in [-0.39, 0.29) is 0 Å². The quantitative estimate of drug-likeness (QED) is 0.846. The van der Waals surface area contributed by atoms with E-state index < -0.39 is 0 Å². The second-order valence-electron chi connectivity index (χ2n) is 4.89. The fourth-order valence-electron chi connectivity index (χ4n) is 2.10. The zero-order valence-electron chi connectivity index (χ0n) is 12.5. The van der Waals surface area contributed by atoms with Gasteiger partial charge in [-0.2, -0.15) is 0 Å². The first-order valence-electron chi connectivity index (χ1n) is 7.17. The van der Waals surface area contributed by atoms with Gasteiger partial charge in [0.1, 0.15) is 5.82 Å². The third-order valence-corrected chi connectivity index (χ3v) is 4.09. The standard InChI is InChI=1S/C16H23N3S/c1-4-14-9-13(11-17-5-2)10-16(18-14)19(3)12-15-7-6-8-20-15/h6-10,17H,4-5,11-12H2,1-3H3. The van der Waals surface area contributed by atoms with Gasteiger partial charge in [0.05, 0.1) is 6.54 Å². The van der Waals surface area contributed by atoms with E-state index in [4.69, 9.17) is 4.98 Å². The fourth-order valence-corrected chi connectivity index (χ4v) is 2.86. The molecule has 0 spiro atoms. The van der Waals surface area contributed by atoms with Crippen LogP contribution in [0.2, 0.25) is 0 Å². The van der Waals surface area contributed by atoms with Crippen molar-refractivity contribution in [2.45, 2.75) is 33.4 Å². The second-order valence-corrected chi connectivity index (χ2v) is 5.93. The monoisotopic (exact) mass is 289 g/mol. The van der Waals surface area contributed by atoms with Crippen LogP contribution in [0.15, 0.2) is 29.6 Å². The molecule has 0 amide bonds. The van der Waals surface area contributed by atoms with Crippen LogP contribution in [0.4, 0.5) is 5.82 Å². The minimum atomic E-state index is 0.909. The summed E-state index contributed by atoms with van der Waals surface area (Å²) in [6, 6.07) is 8.66. The molecule has 0 aliphatic carbocycles. The number of nitrogens with zero attached hydrogens (tertiary/aromatic N) is 2. The molecule has 0 aliphatic rings. The minimum Gasteiger partial charge on any atom is -0.355 e. The van der Waals surface area contributed by atoms with Crippen LogP contribution in [0.3, 0.4) is 0 Å². The van der Waals surface area contributed by atoms with Crippen LogP contribution < -0.4 is 10.2 Å². The molecule has 0 saturated carbocycles. The third-order valence-electron chi connectivity index (χ3n) is 3.23. The van der Waals surface area contributed by atoms with Crippen LogP contribution in [-0.2, 0) is 19.5 Å². The van der Waals surface area contributed by atoms with Crippen LogP contribution >= 0.6 is 11.3 Å². The molecule has 2 heterocycles. The van der Waals surface area contributed by atoms with Crippen molar-refractivity contribution in [3.63, 3.8) is 0 Å². The van der Waals surface area contributed by atoms with Crippen molar-refractivity contribution < 1.29 is 0 Å². The molecule has 0 aliphatic heterocycles. The highest BCUT2D eigenvalue weighted by Gasteiger charge is 2.07. The predicted octanol–water partition coefficient (Wildman–Crippen LogP) is 3.45. The molecule has 0 bridgehead atoms. The molecule has 20 heavy (non-hydrogen) atoms. The third kappa shape index (κ3) is 4.05. The Morgan fingerprint density at radius 3 is 2.80 bits per heavy atom. The van der Waals surface area contributed by atoms with Gasteiger partial charge in [-0.1, -0.05) is 19.9 Å². The Labute approximate surface area is 125 Å². The van der Waals surface area contributed by atoms with Crippen molar-refractivity contribution in [2.24, 2.45) is 0 Å². The number of anilines is 1. The van der Waals surface area contributed by atoms with E-state index in [1.807, 2.05) is 0 Å². The van der Waals surface area contributed by atoms with Gasteiger partial charge in [0.25, 0.3) is 0 Å². The maximum Gasteiger partial charge on any atom is 0.129 e. The molecular formula is C16H23N3S. The molecular weight excluding hydrogens is 266 g/mol. The van der Waals surface area contributed by atoms with Crippen molar-refractivity contribution in [3.8, 4) is 0 Å². The van der Waals surface area contributed by atoms with Gasteiger partial charge in [0.15, 0.2) is 0 Å². The zero-order chi connectivity index (χ0) is 14.4. The Morgan fingerprint density at radius 2 is 2.15 bits per heavy atom. The molecule has 2 aromatic rings. The molecule has 3 nitrogen and oxygen atoms in total. The van der Waals surface area contributed by atoms with E-state index in [1.54, 1.807) is 11.3 Å². The van der Waals surface area contributed by atoms with Gasteiger partial charge in [-0.25, -0.2) is 4.98 Å². The number of aryl methyl sites for hydroxylation is 1. The van der Waals surface area contributed by atoms with E-state index in [2.05, 4.69) is 60.8 Å². The zero-order valence-corrected chi connectivity index (χ0v) is 13.3. The highest BCUT2D eigenvalue weighted by Crippen LogP contribution is 2.19. The molecule has 4 heteroatoms. The second kappa shape index (κ2) is 7.41. The summed E-state index contributed by atoms with van der Waals surface area (Å²) in [7, 11) is 2.11. The summed E-state index contributed by atoms with van der Waals surface area (Å²) in [5.74, 6) is 1.06. The minimum absolute atomic E-state index is 0.909. The molecule has 0 fully saturated rings. The average molecular weight is 289 g/mol. The molecule has 0 aromatic carbocycles. The predicted molar refractivity (Wildman–Crippen MR) is 87.4 cm³/mol. The van der Waals surface area contributed by atoms with Crippen LogP contribution in [0.25, 0.3) is 0 Å². The van der Waals surface area contributed by atoms with Crippen molar-refractivity contribution in [3.05, 3.63) is 45.8 Å². The number of thiophene rings is 1. The first-order chi connectivity index (χ1) is 9.72. The van der Waals surface area contributed by atoms with Gasteiger partial charge >= 0.3 is 0 Å². The summed E-state index contributed by atoms with van der Waals surface area (Å²) < 4.78 is 0. The van der Waals surface area contributed by atoms with E-state index in [1.165, 1.54) is 10.4 Å². The van der Waals surface area contributed by atoms with Gasteiger partial charge in [0.2, 0.25) is 0 Å². The van der Waals surface area contributed by atoms with Crippen LogP contribution in [0.5, 0.6) is 0 Å².